The Morgan fingerprint density at radius 2 is 1.82 bits per heavy atom. The first kappa shape index (κ1) is 21.4. The standard InChI is InChI=1S/C26H24N6O2/c1-18-11-13-20(14-12-18)23-16-24(19-7-4-3-5-8-19)32-26(28-29-30-32)31(23)17-25(33)27-21-9-6-10-22(15-21)34-2/h3-16,24H,17H2,1-2H3,(H,27,33). The summed E-state index contributed by atoms with van der Waals surface area (Å²) in [7, 11) is 1.59. The van der Waals surface area contributed by atoms with E-state index in [-0.39, 0.29) is 18.5 Å². The molecule has 0 fully saturated rings. The van der Waals surface area contributed by atoms with Crippen molar-refractivity contribution in [2.24, 2.45) is 0 Å². The highest BCUT2D eigenvalue weighted by atomic mass is 16.5. The Labute approximate surface area is 197 Å². The predicted molar refractivity (Wildman–Crippen MR) is 131 cm³/mol. The van der Waals surface area contributed by atoms with Crippen LogP contribution in [0, 0.1) is 6.92 Å². The minimum absolute atomic E-state index is 0.0405. The van der Waals surface area contributed by atoms with Gasteiger partial charge in [-0.25, -0.2) is 0 Å². The average molecular weight is 453 g/mol. The van der Waals surface area contributed by atoms with E-state index in [1.165, 1.54) is 0 Å². The number of allylic oxidation sites excluding steroid dienone is 1. The lowest BCUT2D eigenvalue weighted by Gasteiger charge is -2.32. The molecule has 34 heavy (non-hydrogen) atoms. The highest BCUT2D eigenvalue weighted by Gasteiger charge is 2.31. The molecule has 0 aliphatic carbocycles. The maximum absolute atomic E-state index is 13.1. The maximum Gasteiger partial charge on any atom is 0.251 e. The molecular weight excluding hydrogens is 428 g/mol. The third-order valence-corrected chi connectivity index (χ3v) is 5.73. The van der Waals surface area contributed by atoms with Crippen LogP contribution in [-0.2, 0) is 4.79 Å². The molecular formula is C26H24N6O2. The molecule has 0 spiro atoms. The van der Waals surface area contributed by atoms with Gasteiger partial charge in [-0.05, 0) is 46.7 Å². The van der Waals surface area contributed by atoms with Crippen molar-refractivity contribution in [1.29, 1.82) is 0 Å². The van der Waals surface area contributed by atoms with Crippen molar-refractivity contribution in [2.45, 2.75) is 13.0 Å². The van der Waals surface area contributed by atoms with Crippen LogP contribution < -0.4 is 15.0 Å². The van der Waals surface area contributed by atoms with Crippen LogP contribution in [-0.4, -0.2) is 39.8 Å². The second-order valence-corrected chi connectivity index (χ2v) is 8.06. The number of hydrogen-bond donors (Lipinski definition) is 1. The number of rotatable bonds is 6. The first-order chi connectivity index (χ1) is 16.6. The van der Waals surface area contributed by atoms with E-state index >= 15 is 0 Å². The second-order valence-electron chi connectivity index (χ2n) is 8.06. The summed E-state index contributed by atoms with van der Waals surface area (Å²) < 4.78 is 7.00. The summed E-state index contributed by atoms with van der Waals surface area (Å²) in [5.41, 5.74) is 4.73. The lowest BCUT2D eigenvalue weighted by molar-refractivity contribution is -0.114. The molecule has 3 aromatic carbocycles. The number of carbonyl (C=O) groups excluding carboxylic acids is 1. The van der Waals surface area contributed by atoms with Gasteiger partial charge >= 0.3 is 0 Å². The molecule has 1 unspecified atom stereocenters. The Bertz CT molecular complexity index is 1330. The molecule has 0 saturated heterocycles. The Kier molecular flexibility index (Phi) is 5.78. The first-order valence-corrected chi connectivity index (χ1v) is 11.0. The summed E-state index contributed by atoms with van der Waals surface area (Å²) in [5, 5.41) is 15.4. The van der Waals surface area contributed by atoms with E-state index in [2.05, 4.69) is 51.2 Å². The number of aromatic nitrogens is 4. The van der Waals surface area contributed by atoms with Crippen LogP contribution in [0.3, 0.4) is 0 Å². The van der Waals surface area contributed by atoms with E-state index in [0.29, 0.717) is 17.4 Å². The molecule has 170 valence electrons. The minimum atomic E-state index is -0.195. The summed E-state index contributed by atoms with van der Waals surface area (Å²) in [6.07, 6.45) is 2.10. The van der Waals surface area contributed by atoms with Crippen molar-refractivity contribution in [3.05, 3.63) is 102 Å². The number of hydrogen-bond acceptors (Lipinski definition) is 6. The van der Waals surface area contributed by atoms with Crippen molar-refractivity contribution in [3.8, 4) is 5.75 Å². The summed E-state index contributed by atoms with van der Waals surface area (Å²) in [6.45, 7) is 2.09. The van der Waals surface area contributed by atoms with E-state index in [0.717, 1.165) is 22.4 Å². The first-order valence-electron chi connectivity index (χ1n) is 11.0. The molecule has 1 amide bonds. The number of tetrazole rings is 1. The van der Waals surface area contributed by atoms with Gasteiger partial charge in [0.15, 0.2) is 0 Å². The van der Waals surface area contributed by atoms with Crippen LogP contribution in [0.1, 0.15) is 22.7 Å². The zero-order valence-corrected chi connectivity index (χ0v) is 18.9. The van der Waals surface area contributed by atoms with Gasteiger partial charge in [0, 0.05) is 11.8 Å². The number of methoxy groups -OCH3 is 1. The van der Waals surface area contributed by atoms with Crippen LogP contribution in [0.5, 0.6) is 5.75 Å². The second kappa shape index (κ2) is 9.19. The summed E-state index contributed by atoms with van der Waals surface area (Å²) in [6, 6.07) is 25.3. The lowest BCUT2D eigenvalue weighted by atomic mass is 10.00. The quantitative estimate of drug-likeness (QED) is 0.475. The number of aryl methyl sites for hydroxylation is 1. The average Bonchev–Trinajstić information content (AvgIpc) is 3.36. The van der Waals surface area contributed by atoms with E-state index in [9.17, 15) is 4.79 Å². The molecule has 1 aliphatic rings. The molecule has 0 radical (unpaired) electrons. The topological polar surface area (TPSA) is 85.2 Å². The summed E-state index contributed by atoms with van der Waals surface area (Å²) in [5.74, 6) is 0.984. The molecule has 2 heterocycles. The van der Waals surface area contributed by atoms with Crippen molar-refractivity contribution in [3.63, 3.8) is 0 Å². The lowest BCUT2D eigenvalue weighted by Crippen LogP contribution is -2.37. The number of nitrogens with zero attached hydrogens (tertiary/aromatic N) is 5. The highest BCUT2D eigenvalue weighted by Crippen LogP contribution is 2.36. The fourth-order valence-corrected chi connectivity index (χ4v) is 4.03. The number of anilines is 2. The number of ether oxygens (including phenoxy) is 1. The number of benzene rings is 3. The number of amides is 1. The van der Waals surface area contributed by atoms with Gasteiger partial charge in [-0.15, -0.1) is 0 Å². The Morgan fingerprint density at radius 1 is 1.03 bits per heavy atom. The van der Waals surface area contributed by atoms with Gasteiger partial charge in [-0.3, -0.25) is 9.69 Å². The molecule has 8 nitrogen and oxygen atoms in total. The minimum Gasteiger partial charge on any atom is -0.497 e. The van der Waals surface area contributed by atoms with E-state index < -0.39 is 0 Å². The Hall–Kier alpha value is -4.46. The van der Waals surface area contributed by atoms with E-state index in [1.54, 1.807) is 17.9 Å². The van der Waals surface area contributed by atoms with E-state index in [4.69, 9.17) is 4.74 Å². The van der Waals surface area contributed by atoms with Gasteiger partial charge in [0.1, 0.15) is 18.3 Å². The number of fused-ring (bicyclic) bond motifs is 1. The van der Waals surface area contributed by atoms with Crippen LogP contribution in [0.4, 0.5) is 11.6 Å². The monoisotopic (exact) mass is 452 g/mol. The summed E-state index contributed by atoms with van der Waals surface area (Å²) >= 11 is 0. The number of carbonyl (C=O) groups is 1. The zero-order valence-electron chi connectivity index (χ0n) is 18.9. The Balaban J connectivity index is 1.51. The maximum atomic E-state index is 13.1. The van der Waals surface area contributed by atoms with Crippen molar-refractivity contribution >= 4 is 23.2 Å². The Morgan fingerprint density at radius 3 is 2.59 bits per heavy atom. The van der Waals surface area contributed by atoms with Gasteiger partial charge in [0.25, 0.3) is 5.95 Å². The third-order valence-electron chi connectivity index (χ3n) is 5.73. The molecule has 1 aromatic heterocycles. The molecule has 8 heteroatoms. The SMILES string of the molecule is COc1cccc(NC(=O)CN2C(c3ccc(C)cc3)=CC(c3ccccc3)n3nnnc32)c1. The van der Waals surface area contributed by atoms with E-state index in [1.807, 2.05) is 60.4 Å². The van der Waals surface area contributed by atoms with Gasteiger partial charge < -0.3 is 10.1 Å². The fourth-order valence-electron chi connectivity index (χ4n) is 4.03. The van der Waals surface area contributed by atoms with Crippen LogP contribution >= 0.6 is 0 Å². The van der Waals surface area contributed by atoms with Crippen molar-refractivity contribution < 1.29 is 9.53 Å². The smallest absolute Gasteiger partial charge is 0.251 e. The molecule has 0 saturated carbocycles. The molecule has 1 aliphatic heterocycles. The molecule has 1 N–H and O–H groups in total. The van der Waals surface area contributed by atoms with Gasteiger partial charge in [-0.1, -0.05) is 71.3 Å². The fraction of sp³-hybridized carbons (Fsp3) is 0.154. The molecule has 0 bridgehead atoms. The zero-order chi connectivity index (χ0) is 23.5. The molecule has 5 rings (SSSR count). The molecule has 1 atom stereocenters. The highest BCUT2D eigenvalue weighted by molar-refractivity contribution is 5.97. The van der Waals surface area contributed by atoms with Crippen molar-refractivity contribution in [1.82, 2.24) is 20.2 Å². The van der Waals surface area contributed by atoms with Crippen LogP contribution in [0.2, 0.25) is 0 Å². The summed E-state index contributed by atoms with van der Waals surface area (Å²) in [4.78, 5) is 14.9. The largest absolute Gasteiger partial charge is 0.497 e. The van der Waals surface area contributed by atoms with Crippen LogP contribution in [0.15, 0.2) is 84.9 Å². The van der Waals surface area contributed by atoms with Crippen molar-refractivity contribution in [2.75, 3.05) is 23.9 Å². The predicted octanol–water partition coefficient (Wildman–Crippen LogP) is 4.08. The number of nitrogens with one attached hydrogen (secondary N) is 1. The van der Waals surface area contributed by atoms with Gasteiger partial charge in [-0.2, -0.15) is 4.68 Å². The normalized spacial score (nSPS) is 14.8. The van der Waals surface area contributed by atoms with Crippen LogP contribution in [0.25, 0.3) is 5.70 Å². The van der Waals surface area contributed by atoms with Gasteiger partial charge in [0.2, 0.25) is 5.91 Å². The molecule has 4 aromatic rings. The third kappa shape index (κ3) is 4.25. The van der Waals surface area contributed by atoms with Gasteiger partial charge in [0.05, 0.1) is 12.8 Å².